The first-order valence-corrected chi connectivity index (χ1v) is 34.5. The fourth-order valence-corrected chi connectivity index (χ4v) is 10.4. The Balaban J connectivity index is 4.11. The lowest BCUT2D eigenvalue weighted by atomic mass is 10.0. The zero-order valence-corrected chi connectivity index (χ0v) is 52.0. The zero-order chi connectivity index (χ0) is 55.7. The highest BCUT2D eigenvalue weighted by Crippen LogP contribution is 2.18. The first-order chi connectivity index (χ1) is 38.0. The molecule has 77 heavy (non-hydrogen) atoms. The molecule has 0 aromatic carbocycles. The first-order valence-electron chi connectivity index (χ1n) is 34.5. The lowest BCUT2D eigenvalue weighted by molar-refractivity contribution is -0.167. The van der Waals surface area contributed by atoms with Crippen molar-refractivity contribution in [1.29, 1.82) is 0 Å². The van der Waals surface area contributed by atoms with E-state index in [0.29, 0.717) is 19.3 Å². The van der Waals surface area contributed by atoms with Gasteiger partial charge in [0, 0.05) is 19.3 Å². The van der Waals surface area contributed by atoms with Gasteiger partial charge in [0.2, 0.25) is 0 Å². The molecule has 0 aliphatic heterocycles. The van der Waals surface area contributed by atoms with E-state index in [0.717, 1.165) is 83.5 Å². The van der Waals surface area contributed by atoms with Crippen molar-refractivity contribution in [2.24, 2.45) is 0 Å². The minimum atomic E-state index is -0.774. The van der Waals surface area contributed by atoms with Crippen LogP contribution in [-0.4, -0.2) is 37.2 Å². The topological polar surface area (TPSA) is 78.9 Å². The van der Waals surface area contributed by atoms with Crippen molar-refractivity contribution < 1.29 is 28.6 Å². The predicted molar refractivity (Wildman–Crippen MR) is 335 cm³/mol. The largest absolute Gasteiger partial charge is 0.462 e. The van der Waals surface area contributed by atoms with Gasteiger partial charge in [0.05, 0.1) is 0 Å². The van der Waals surface area contributed by atoms with Crippen LogP contribution in [0, 0.1) is 0 Å². The van der Waals surface area contributed by atoms with Gasteiger partial charge in [0.25, 0.3) is 0 Å². The Labute approximate surface area is 480 Å². The molecular weight excluding hydrogens is 949 g/mol. The summed E-state index contributed by atoms with van der Waals surface area (Å²) in [5.41, 5.74) is 0. The van der Waals surface area contributed by atoms with Crippen LogP contribution in [0.25, 0.3) is 0 Å². The van der Waals surface area contributed by atoms with Crippen molar-refractivity contribution in [2.45, 2.75) is 386 Å². The molecule has 0 aliphatic rings. The van der Waals surface area contributed by atoms with E-state index in [9.17, 15) is 14.4 Å². The molecule has 1 unspecified atom stereocenters. The summed E-state index contributed by atoms with van der Waals surface area (Å²) in [6.45, 7) is 6.63. The van der Waals surface area contributed by atoms with Crippen molar-refractivity contribution in [1.82, 2.24) is 0 Å². The zero-order valence-electron chi connectivity index (χ0n) is 52.0. The van der Waals surface area contributed by atoms with Crippen LogP contribution in [0.1, 0.15) is 380 Å². The van der Waals surface area contributed by atoms with Crippen LogP contribution >= 0.6 is 0 Å². The van der Waals surface area contributed by atoms with Crippen molar-refractivity contribution in [3.8, 4) is 0 Å². The summed E-state index contributed by atoms with van der Waals surface area (Å²) < 4.78 is 16.9. The third-order valence-electron chi connectivity index (χ3n) is 15.6. The number of esters is 3. The molecule has 0 saturated carbocycles. The van der Waals surface area contributed by atoms with Crippen molar-refractivity contribution in [3.05, 3.63) is 36.5 Å². The highest BCUT2D eigenvalue weighted by molar-refractivity contribution is 5.71. The van der Waals surface area contributed by atoms with Crippen molar-refractivity contribution in [2.75, 3.05) is 13.2 Å². The highest BCUT2D eigenvalue weighted by Gasteiger charge is 2.19. The van der Waals surface area contributed by atoms with Gasteiger partial charge in [-0.3, -0.25) is 14.4 Å². The van der Waals surface area contributed by atoms with Crippen LogP contribution < -0.4 is 0 Å². The molecule has 0 aromatic heterocycles. The molecule has 0 rings (SSSR count). The SMILES string of the molecule is CCC/C=C\C/C=C\CCCCCCCC(=O)OCC(COC(=O)CCCCCCCCCCCCCCCCCCCCC/C=C\CCCCCCCCCC)OC(=O)CCCCCCCCCCCCCCCCC. The third-order valence-corrected chi connectivity index (χ3v) is 15.6. The molecule has 0 aromatic rings. The van der Waals surface area contributed by atoms with Gasteiger partial charge >= 0.3 is 17.9 Å². The van der Waals surface area contributed by atoms with E-state index in [1.165, 1.54) is 257 Å². The number of rotatable bonds is 64. The second-order valence-electron chi connectivity index (χ2n) is 23.4. The number of allylic oxidation sites excluding steroid dienone is 6. The van der Waals surface area contributed by atoms with Crippen LogP contribution in [-0.2, 0) is 28.6 Å². The molecule has 0 fully saturated rings. The minimum Gasteiger partial charge on any atom is -0.462 e. The summed E-state index contributed by atoms with van der Waals surface area (Å²) in [4.78, 5) is 38.3. The molecular formula is C71H132O6. The lowest BCUT2D eigenvalue weighted by Gasteiger charge is -2.18. The van der Waals surface area contributed by atoms with Gasteiger partial charge in [0.1, 0.15) is 13.2 Å². The molecule has 1 atom stereocenters. The summed E-state index contributed by atoms with van der Waals surface area (Å²) >= 11 is 0. The van der Waals surface area contributed by atoms with E-state index in [4.69, 9.17) is 14.2 Å². The Hall–Kier alpha value is -2.37. The van der Waals surface area contributed by atoms with Gasteiger partial charge in [-0.2, -0.15) is 0 Å². The second kappa shape index (κ2) is 66.1. The normalized spacial score (nSPS) is 12.2. The van der Waals surface area contributed by atoms with E-state index >= 15 is 0 Å². The molecule has 0 heterocycles. The Morgan fingerprint density at radius 1 is 0.260 bits per heavy atom. The second-order valence-corrected chi connectivity index (χ2v) is 23.4. The molecule has 0 spiro atoms. The predicted octanol–water partition coefficient (Wildman–Crippen LogP) is 23.6. The maximum Gasteiger partial charge on any atom is 0.306 e. The maximum atomic E-state index is 12.9. The number of ether oxygens (including phenoxy) is 3. The van der Waals surface area contributed by atoms with Gasteiger partial charge < -0.3 is 14.2 Å². The van der Waals surface area contributed by atoms with E-state index in [-0.39, 0.29) is 31.1 Å². The number of unbranched alkanes of at least 4 members (excludes halogenated alkanes) is 47. The molecule has 6 nitrogen and oxygen atoms in total. The van der Waals surface area contributed by atoms with E-state index < -0.39 is 6.10 Å². The fraction of sp³-hybridized carbons (Fsp3) is 0.873. The molecule has 0 aliphatic carbocycles. The van der Waals surface area contributed by atoms with E-state index in [1.807, 2.05) is 0 Å². The number of carbonyl (C=O) groups excluding carboxylic acids is 3. The molecule has 0 bridgehead atoms. The Morgan fingerprint density at radius 2 is 0.494 bits per heavy atom. The standard InChI is InChI=1S/C71H132O6/c1-4-7-10-13-16-19-22-25-27-28-29-30-31-32-33-34-35-36-37-38-39-40-41-42-44-46-49-52-55-58-61-64-70(73)76-67-68(66-75-69(72)63-60-57-54-51-48-45-24-21-18-15-12-9-6-3)77-71(74)65-62-59-56-53-50-47-43-26-23-20-17-14-11-8-5-2/h12,15,21,24,28-29,68H,4-11,13-14,16-20,22-23,25-27,30-67H2,1-3H3/b15-12-,24-21-,29-28-. The highest BCUT2D eigenvalue weighted by atomic mass is 16.6. The maximum absolute atomic E-state index is 12.9. The van der Waals surface area contributed by atoms with E-state index in [1.54, 1.807) is 0 Å². The minimum absolute atomic E-state index is 0.0712. The quantitative estimate of drug-likeness (QED) is 0.0261. The average molecular weight is 1080 g/mol. The molecule has 0 radical (unpaired) electrons. The molecule has 6 heteroatoms. The van der Waals surface area contributed by atoms with Gasteiger partial charge in [-0.15, -0.1) is 0 Å². The van der Waals surface area contributed by atoms with Crippen LogP contribution in [0.5, 0.6) is 0 Å². The fourth-order valence-electron chi connectivity index (χ4n) is 10.4. The van der Waals surface area contributed by atoms with Crippen molar-refractivity contribution >= 4 is 17.9 Å². The summed E-state index contributed by atoms with van der Waals surface area (Å²) in [6, 6.07) is 0. The molecule has 0 N–H and O–H groups in total. The third kappa shape index (κ3) is 64.3. The van der Waals surface area contributed by atoms with Gasteiger partial charge in [-0.25, -0.2) is 0 Å². The summed E-state index contributed by atoms with van der Waals surface area (Å²) in [5.74, 6) is -0.860. The first kappa shape index (κ1) is 74.6. The summed E-state index contributed by atoms with van der Waals surface area (Å²) in [5, 5.41) is 0. The van der Waals surface area contributed by atoms with Crippen LogP contribution in [0.4, 0.5) is 0 Å². The van der Waals surface area contributed by atoms with E-state index in [2.05, 4.69) is 57.2 Å². The summed E-state index contributed by atoms with van der Waals surface area (Å²) in [6.07, 6.45) is 81.8. The lowest BCUT2D eigenvalue weighted by Crippen LogP contribution is -2.30. The molecule has 452 valence electrons. The van der Waals surface area contributed by atoms with Crippen LogP contribution in [0.3, 0.4) is 0 Å². The Bertz CT molecular complexity index is 1290. The monoisotopic (exact) mass is 1080 g/mol. The van der Waals surface area contributed by atoms with Gasteiger partial charge in [-0.05, 0) is 70.6 Å². The summed E-state index contributed by atoms with van der Waals surface area (Å²) in [7, 11) is 0. The molecule has 0 amide bonds. The van der Waals surface area contributed by atoms with Gasteiger partial charge in [-0.1, -0.05) is 327 Å². The van der Waals surface area contributed by atoms with Crippen LogP contribution in [0.2, 0.25) is 0 Å². The van der Waals surface area contributed by atoms with Crippen molar-refractivity contribution in [3.63, 3.8) is 0 Å². The number of carbonyl (C=O) groups is 3. The Morgan fingerprint density at radius 3 is 0.779 bits per heavy atom. The Kier molecular flexibility index (Phi) is 64.1. The average Bonchev–Trinajstić information content (AvgIpc) is 3.43. The number of hydrogen-bond acceptors (Lipinski definition) is 6. The van der Waals surface area contributed by atoms with Crippen LogP contribution in [0.15, 0.2) is 36.5 Å². The molecule has 0 saturated heterocycles. The smallest absolute Gasteiger partial charge is 0.306 e. The van der Waals surface area contributed by atoms with Gasteiger partial charge in [0.15, 0.2) is 6.10 Å². The number of hydrogen-bond donors (Lipinski definition) is 0.